The first-order valence-corrected chi connectivity index (χ1v) is 7.48. The van der Waals surface area contributed by atoms with Gasteiger partial charge in [0.05, 0.1) is 23.2 Å². The molecule has 100 valence electrons. The molecule has 0 amide bonds. The number of rotatable bonds is 2. The largest absolute Gasteiger partial charge is 0.376 e. The van der Waals surface area contributed by atoms with Crippen LogP contribution in [0.2, 0.25) is 0 Å². The molecule has 2 fully saturated rings. The molecule has 1 aromatic carbocycles. The van der Waals surface area contributed by atoms with Crippen molar-refractivity contribution in [2.24, 2.45) is 5.92 Å². The zero-order valence-corrected chi connectivity index (χ0v) is 11.9. The van der Waals surface area contributed by atoms with Gasteiger partial charge in [-0.05, 0) is 56.0 Å². The van der Waals surface area contributed by atoms with Crippen molar-refractivity contribution in [3.63, 3.8) is 0 Å². The third kappa shape index (κ3) is 1.77. The van der Waals surface area contributed by atoms with Crippen molar-refractivity contribution >= 4 is 23.3 Å². The van der Waals surface area contributed by atoms with Crippen LogP contribution in [0.3, 0.4) is 0 Å². The molecule has 1 saturated heterocycles. The van der Waals surface area contributed by atoms with Crippen LogP contribution in [0.4, 0.5) is 0 Å². The number of nitrogens with zero attached hydrogens (tertiary/aromatic N) is 1. The Balaban J connectivity index is 1.90. The highest BCUT2D eigenvalue weighted by atomic mass is 32.1. The first-order valence-electron chi connectivity index (χ1n) is 7.07. The number of aryl methyl sites for hydroxylation is 1. The summed E-state index contributed by atoms with van der Waals surface area (Å²) in [6, 6.07) is 6.76. The van der Waals surface area contributed by atoms with Gasteiger partial charge < -0.3 is 14.3 Å². The highest BCUT2D eigenvalue weighted by molar-refractivity contribution is 7.71. The van der Waals surface area contributed by atoms with Crippen molar-refractivity contribution in [3.05, 3.63) is 28.5 Å². The predicted octanol–water partition coefficient (Wildman–Crippen LogP) is 3.75. The maximum absolute atomic E-state index is 5.98. The number of aromatic nitrogens is 2. The van der Waals surface area contributed by atoms with Crippen LogP contribution in [0, 0.1) is 17.6 Å². The molecule has 4 heteroatoms. The minimum absolute atomic E-state index is 0.366. The van der Waals surface area contributed by atoms with Gasteiger partial charge in [0.2, 0.25) is 0 Å². The van der Waals surface area contributed by atoms with Crippen LogP contribution >= 0.6 is 12.2 Å². The average Bonchev–Trinajstić information content (AvgIpc) is 3.01. The molecule has 2 atom stereocenters. The molecule has 1 aliphatic heterocycles. The number of H-pyrrole nitrogens is 1. The van der Waals surface area contributed by atoms with Gasteiger partial charge in [-0.3, -0.25) is 0 Å². The number of hydrogen-bond donors (Lipinski definition) is 1. The minimum atomic E-state index is 0.366. The lowest BCUT2D eigenvalue weighted by atomic mass is 10.1. The van der Waals surface area contributed by atoms with E-state index in [1.807, 2.05) is 0 Å². The van der Waals surface area contributed by atoms with E-state index in [0.29, 0.717) is 12.1 Å². The Bertz CT molecular complexity index is 683. The molecule has 3 nitrogen and oxygen atoms in total. The maximum atomic E-state index is 5.98. The number of aromatic amines is 1. The normalized spacial score (nSPS) is 27.2. The summed E-state index contributed by atoms with van der Waals surface area (Å²) in [4.78, 5) is 3.35. The number of para-hydroxylation sites is 1. The average molecular weight is 274 g/mol. The smallest absolute Gasteiger partial charge is 0.178 e. The summed E-state index contributed by atoms with van der Waals surface area (Å²) in [6.45, 7) is 3.02. The first-order chi connectivity index (χ1) is 9.25. The Morgan fingerprint density at radius 3 is 2.95 bits per heavy atom. The molecule has 4 rings (SSSR count). The first kappa shape index (κ1) is 11.7. The van der Waals surface area contributed by atoms with E-state index in [2.05, 4.69) is 34.7 Å². The summed E-state index contributed by atoms with van der Waals surface area (Å²) in [5.74, 6) is 0.753. The van der Waals surface area contributed by atoms with Crippen molar-refractivity contribution in [1.29, 1.82) is 0 Å². The molecule has 0 radical (unpaired) electrons. The van der Waals surface area contributed by atoms with Crippen LogP contribution in [-0.4, -0.2) is 22.3 Å². The van der Waals surface area contributed by atoms with Gasteiger partial charge in [-0.15, -0.1) is 0 Å². The molecule has 19 heavy (non-hydrogen) atoms. The van der Waals surface area contributed by atoms with Gasteiger partial charge >= 0.3 is 0 Å². The molecule has 2 unspecified atom stereocenters. The number of imidazole rings is 1. The van der Waals surface area contributed by atoms with Crippen molar-refractivity contribution in [3.8, 4) is 0 Å². The monoisotopic (exact) mass is 274 g/mol. The van der Waals surface area contributed by atoms with E-state index in [1.54, 1.807) is 0 Å². The molecule has 1 saturated carbocycles. The summed E-state index contributed by atoms with van der Waals surface area (Å²) in [5, 5.41) is 0. The SMILES string of the molecule is Cc1cccc2[nH]c(=S)n(C3CCOC3C3CC3)c12. The Kier molecular flexibility index (Phi) is 2.57. The Labute approximate surface area is 117 Å². The third-order valence-corrected chi connectivity index (χ3v) is 4.76. The number of ether oxygens (including phenoxy) is 1. The van der Waals surface area contributed by atoms with E-state index in [9.17, 15) is 0 Å². The number of benzene rings is 1. The molecule has 1 aliphatic carbocycles. The van der Waals surface area contributed by atoms with Gasteiger partial charge in [-0.25, -0.2) is 0 Å². The molecule has 2 aromatic rings. The van der Waals surface area contributed by atoms with Crippen LogP contribution in [-0.2, 0) is 4.74 Å². The fourth-order valence-corrected chi connectivity index (χ4v) is 3.76. The Hall–Kier alpha value is -1.13. The van der Waals surface area contributed by atoms with Gasteiger partial charge in [-0.1, -0.05) is 12.1 Å². The summed E-state index contributed by atoms with van der Waals surface area (Å²) in [6.07, 6.45) is 4.08. The predicted molar refractivity (Wildman–Crippen MR) is 78.0 cm³/mol. The summed E-state index contributed by atoms with van der Waals surface area (Å²) in [5.41, 5.74) is 3.69. The summed E-state index contributed by atoms with van der Waals surface area (Å²) >= 11 is 5.56. The van der Waals surface area contributed by atoms with Crippen LogP contribution in [0.15, 0.2) is 18.2 Å². The lowest BCUT2D eigenvalue weighted by Gasteiger charge is -2.21. The van der Waals surface area contributed by atoms with Crippen LogP contribution in [0.5, 0.6) is 0 Å². The standard InChI is InChI=1S/C15H18N2OS/c1-9-3-2-4-11-13(9)17(15(19)16-11)12-7-8-18-14(12)10-5-6-10/h2-4,10,12,14H,5-8H2,1H3,(H,16,19). The number of nitrogens with one attached hydrogen (secondary N) is 1. The molecular formula is C15H18N2OS. The van der Waals surface area contributed by atoms with Crippen LogP contribution in [0.1, 0.15) is 30.9 Å². The van der Waals surface area contributed by atoms with Gasteiger partial charge in [-0.2, -0.15) is 0 Å². The lowest BCUT2D eigenvalue weighted by molar-refractivity contribution is 0.0756. The van der Waals surface area contributed by atoms with E-state index in [1.165, 1.54) is 23.9 Å². The van der Waals surface area contributed by atoms with E-state index in [0.717, 1.165) is 29.2 Å². The summed E-state index contributed by atoms with van der Waals surface area (Å²) < 4.78 is 9.13. The highest BCUT2D eigenvalue weighted by Gasteiger charge is 2.42. The third-order valence-electron chi connectivity index (χ3n) is 4.46. The minimum Gasteiger partial charge on any atom is -0.376 e. The zero-order chi connectivity index (χ0) is 13.0. The van der Waals surface area contributed by atoms with Gasteiger partial charge in [0, 0.05) is 6.61 Å². The second kappa shape index (κ2) is 4.18. The molecule has 0 bridgehead atoms. The molecule has 1 N–H and O–H groups in total. The lowest BCUT2D eigenvalue weighted by Crippen LogP contribution is -2.22. The van der Waals surface area contributed by atoms with Gasteiger partial charge in [0.15, 0.2) is 4.77 Å². The van der Waals surface area contributed by atoms with Crippen molar-refractivity contribution in [1.82, 2.24) is 9.55 Å². The van der Waals surface area contributed by atoms with Crippen LogP contribution in [0.25, 0.3) is 11.0 Å². The second-order valence-corrected chi connectivity index (χ2v) is 6.19. The maximum Gasteiger partial charge on any atom is 0.178 e. The number of fused-ring (bicyclic) bond motifs is 1. The highest BCUT2D eigenvalue weighted by Crippen LogP contribution is 2.44. The van der Waals surface area contributed by atoms with Crippen molar-refractivity contribution < 1.29 is 4.74 Å². The number of hydrogen-bond acceptors (Lipinski definition) is 2. The fraction of sp³-hybridized carbons (Fsp3) is 0.533. The van der Waals surface area contributed by atoms with Crippen molar-refractivity contribution in [2.75, 3.05) is 6.61 Å². The van der Waals surface area contributed by atoms with Crippen LogP contribution < -0.4 is 0 Å². The quantitative estimate of drug-likeness (QED) is 0.845. The van der Waals surface area contributed by atoms with E-state index in [4.69, 9.17) is 17.0 Å². The Morgan fingerprint density at radius 1 is 1.32 bits per heavy atom. The molecule has 0 spiro atoms. The second-order valence-electron chi connectivity index (χ2n) is 5.80. The van der Waals surface area contributed by atoms with E-state index in [-0.39, 0.29) is 0 Å². The molecule has 1 aromatic heterocycles. The topological polar surface area (TPSA) is 29.9 Å². The van der Waals surface area contributed by atoms with E-state index < -0.39 is 0 Å². The van der Waals surface area contributed by atoms with Gasteiger partial charge in [0.1, 0.15) is 0 Å². The molecular weight excluding hydrogens is 256 g/mol. The van der Waals surface area contributed by atoms with Gasteiger partial charge in [0.25, 0.3) is 0 Å². The molecule has 2 heterocycles. The summed E-state index contributed by atoms with van der Waals surface area (Å²) in [7, 11) is 0. The Morgan fingerprint density at radius 2 is 2.16 bits per heavy atom. The van der Waals surface area contributed by atoms with E-state index >= 15 is 0 Å². The fourth-order valence-electron chi connectivity index (χ4n) is 3.42. The van der Waals surface area contributed by atoms with Crippen molar-refractivity contribution in [2.45, 2.75) is 38.3 Å². The molecule has 2 aliphatic rings. The zero-order valence-electron chi connectivity index (χ0n) is 11.1.